The van der Waals surface area contributed by atoms with Gasteiger partial charge in [0.05, 0.1) is 22.3 Å². The molecule has 0 aromatic heterocycles. The minimum Gasteiger partial charge on any atom is -0.465 e. The van der Waals surface area contributed by atoms with E-state index in [9.17, 15) is 9.00 Å². The van der Waals surface area contributed by atoms with Crippen LogP contribution in [0, 0.1) is 0 Å². The molecule has 0 saturated carbocycles. The fourth-order valence-corrected chi connectivity index (χ4v) is 2.21. The first-order chi connectivity index (χ1) is 8.86. The molecule has 4 nitrogen and oxygen atoms in total. The molecule has 0 bridgehead atoms. The van der Waals surface area contributed by atoms with Crippen molar-refractivity contribution in [2.75, 3.05) is 6.61 Å². The molecule has 106 valence electrons. The third-order valence-electron chi connectivity index (χ3n) is 2.44. The van der Waals surface area contributed by atoms with Gasteiger partial charge in [-0.1, -0.05) is 30.3 Å². The number of hydrogen-bond acceptors (Lipinski definition) is 3. The lowest BCUT2D eigenvalue weighted by molar-refractivity contribution is -0.145. The monoisotopic (exact) mass is 283 g/mol. The Hall–Kier alpha value is -1.20. The van der Waals surface area contributed by atoms with E-state index in [1.54, 1.807) is 6.92 Å². The summed E-state index contributed by atoms with van der Waals surface area (Å²) < 4.78 is 19.6. The van der Waals surface area contributed by atoms with Crippen LogP contribution in [0.25, 0.3) is 0 Å². The maximum Gasteiger partial charge on any atom is 0.328 e. The lowest BCUT2D eigenvalue weighted by Crippen LogP contribution is -2.39. The van der Waals surface area contributed by atoms with Gasteiger partial charge in [-0.3, -0.25) is 0 Å². The van der Waals surface area contributed by atoms with Gasteiger partial charge in [0.15, 0.2) is 0 Å². The van der Waals surface area contributed by atoms with Crippen molar-refractivity contribution in [3.63, 3.8) is 0 Å². The number of benzene rings is 1. The van der Waals surface area contributed by atoms with Crippen molar-refractivity contribution in [1.82, 2.24) is 4.72 Å². The van der Waals surface area contributed by atoms with E-state index in [0.717, 1.165) is 5.56 Å². The van der Waals surface area contributed by atoms with Gasteiger partial charge in [0.25, 0.3) is 0 Å². The molecule has 0 aliphatic rings. The molecule has 0 radical (unpaired) electrons. The molecule has 0 heterocycles. The molecule has 5 heteroatoms. The molecular formula is C14H21NO3S. The van der Waals surface area contributed by atoms with Crippen LogP contribution in [-0.4, -0.2) is 21.5 Å². The highest BCUT2D eigenvalue weighted by Gasteiger charge is 2.28. The molecule has 1 aromatic rings. The SMILES string of the molecule is CCOC(=O)[C@@H](N[S@](=O)C(C)(C)C)c1ccccc1. The van der Waals surface area contributed by atoms with Crippen LogP contribution >= 0.6 is 0 Å². The van der Waals surface area contributed by atoms with Gasteiger partial charge in [-0.2, -0.15) is 0 Å². The minimum atomic E-state index is -1.34. The Labute approximate surface area is 117 Å². The van der Waals surface area contributed by atoms with Crippen LogP contribution in [0.1, 0.15) is 39.3 Å². The Kier molecular flexibility index (Phi) is 5.69. The van der Waals surface area contributed by atoms with Crippen LogP contribution in [0.2, 0.25) is 0 Å². The quantitative estimate of drug-likeness (QED) is 0.844. The Balaban J connectivity index is 2.94. The third-order valence-corrected chi connectivity index (χ3v) is 4.00. The van der Waals surface area contributed by atoms with Crippen molar-refractivity contribution in [1.29, 1.82) is 0 Å². The fraction of sp³-hybridized carbons (Fsp3) is 0.500. The lowest BCUT2D eigenvalue weighted by Gasteiger charge is -2.23. The maximum absolute atomic E-state index is 12.1. The van der Waals surface area contributed by atoms with E-state index in [4.69, 9.17) is 4.74 Å². The first-order valence-corrected chi connectivity index (χ1v) is 7.41. The first-order valence-electron chi connectivity index (χ1n) is 6.26. The zero-order chi connectivity index (χ0) is 14.5. The number of carbonyl (C=O) groups excluding carboxylic acids is 1. The fourth-order valence-electron chi connectivity index (χ4n) is 1.41. The molecular weight excluding hydrogens is 262 g/mol. The Bertz CT molecular complexity index is 440. The average Bonchev–Trinajstić information content (AvgIpc) is 2.35. The highest BCUT2D eigenvalue weighted by Crippen LogP contribution is 2.18. The summed E-state index contributed by atoms with van der Waals surface area (Å²) in [5.74, 6) is -0.411. The van der Waals surface area contributed by atoms with Gasteiger partial charge in [-0.05, 0) is 33.3 Å². The topological polar surface area (TPSA) is 55.4 Å². The van der Waals surface area contributed by atoms with E-state index in [0.29, 0.717) is 6.61 Å². The van der Waals surface area contributed by atoms with Gasteiger partial charge in [0.2, 0.25) is 0 Å². The van der Waals surface area contributed by atoms with E-state index in [1.165, 1.54) is 0 Å². The highest BCUT2D eigenvalue weighted by atomic mass is 32.2. The molecule has 0 amide bonds. The zero-order valence-corrected chi connectivity index (χ0v) is 12.6. The number of hydrogen-bond donors (Lipinski definition) is 1. The number of carbonyl (C=O) groups is 1. The smallest absolute Gasteiger partial charge is 0.328 e. The van der Waals surface area contributed by atoms with Crippen molar-refractivity contribution in [3.8, 4) is 0 Å². The van der Waals surface area contributed by atoms with Crippen molar-refractivity contribution in [2.24, 2.45) is 0 Å². The minimum absolute atomic E-state index is 0.298. The molecule has 1 N–H and O–H groups in total. The van der Waals surface area contributed by atoms with Crippen molar-refractivity contribution in [3.05, 3.63) is 35.9 Å². The van der Waals surface area contributed by atoms with Gasteiger partial charge in [0.1, 0.15) is 6.04 Å². The summed E-state index contributed by atoms with van der Waals surface area (Å²) in [6.45, 7) is 7.60. The summed E-state index contributed by atoms with van der Waals surface area (Å²) in [6, 6.07) is 8.46. The molecule has 0 saturated heterocycles. The van der Waals surface area contributed by atoms with Gasteiger partial charge in [0, 0.05) is 0 Å². The Morgan fingerprint density at radius 1 is 1.32 bits per heavy atom. The summed E-state index contributed by atoms with van der Waals surface area (Å²) in [5.41, 5.74) is 0.749. The summed E-state index contributed by atoms with van der Waals surface area (Å²) in [4.78, 5) is 12.0. The predicted octanol–water partition coefficient (Wildman–Crippen LogP) is 2.34. The van der Waals surface area contributed by atoms with E-state index in [-0.39, 0.29) is 0 Å². The maximum atomic E-state index is 12.1. The van der Waals surface area contributed by atoms with Crippen LogP contribution in [-0.2, 0) is 20.5 Å². The predicted molar refractivity (Wildman–Crippen MR) is 76.8 cm³/mol. The molecule has 0 unspecified atom stereocenters. The van der Waals surface area contributed by atoms with Crippen molar-refractivity contribution < 1.29 is 13.7 Å². The van der Waals surface area contributed by atoms with E-state index < -0.39 is 27.7 Å². The third kappa shape index (κ3) is 4.76. The Morgan fingerprint density at radius 2 is 1.89 bits per heavy atom. The van der Waals surface area contributed by atoms with Gasteiger partial charge < -0.3 is 4.74 Å². The summed E-state index contributed by atoms with van der Waals surface area (Å²) in [7, 11) is -1.34. The number of esters is 1. The highest BCUT2D eigenvalue weighted by molar-refractivity contribution is 7.84. The Morgan fingerprint density at radius 3 is 2.37 bits per heavy atom. The van der Waals surface area contributed by atoms with Crippen LogP contribution in [0.5, 0.6) is 0 Å². The molecule has 1 aromatic carbocycles. The van der Waals surface area contributed by atoms with Gasteiger partial charge in [-0.15, -0.1) is 0 Å². The summed E-state index contributed by atoms with van der Waals surface area (Å²) in [5, 5.41) is 0. The molecule has 0 aliphatic carbocycles. The second-order valence-electron chi connectivity index (χ2n) is 5.09. The van der Waals surface area contributed by atoms with Crippen molar-refractivity contribution in [2.45, 2.75) is 38.5 Å². The zero-order valence-electron chi connectivity index (χ0n) is 11.8. The van der Waals surface area contributed by atoms with Crippen LogP contribution in [0.3, 0.4) is 0 Å². The number of nitrogens with one attached hydrogen (secondary N) is 1. The van der Waals surface area contributed by atoms with Crippen LogP contribution < -0.4 is 4.72 Å². The van der Waals surface area contributed by atoms with Gasteiger partial charge >= 0.3 is 5.97 Å². The summed E-state index contributed by atoms with van der Waals surface area (Å²) in [6.07, 6.45) is 0. The van der Waals surface area contributed by atoms with Gasteiger partial charge in [-0.25, -0.2) is 13.7 Å². The molecule has 1 rings (SSSR count). The van der Waals surface area contributed by atoms with E-state index in [2.05, 4.69) is 4.72 Å². The first kappa shape index (κ1) is 15.9. The lowest BCUT2D eigenvalue weighted by atomic mass is 10.1. The van der Waals surface area contributed by atoms with E-state index in [1.807, 2.05) is 51.1 Å². The normalized spacial score (nSPS) is 14.7. The molecule has 2 atom stereocenters. The molecule has 0 aliphatic heterocycles. The van der Waals surface area contributed by atoms with Crippen LogP contribution in [0.15, 0.2) is 30.3 Å². The van der Waals surface area contributed by atoms with Crippen LogP contribution in [0.4, 0.5) is 0 Å². The number of ether oxygens (including phenoxy) is 1. The molecule has 19 heavy (non-hydrogen) atoms. The van der Waals surface area contributed by atoms with Crippen molar-refractivity contribution >= 4 is 17.0 Å². The second kappa shape index (κ2) is 6.82. The molecule has 0 spiro atoms. The average molecular weight is 283 g/mol. The standard InChI is InChI=1S/C14H21NO3S/c1-5-18-13(16)12(11-9-7-6-8-10-11)15-19(17)14(2,3)4/h6-10,12,15H,5H2,1-4H3/t12-,19+/m0/s1. The second-order valence-corrected chi connectivity index (χ2v) is 7.09. The largest absolute Gasteiger partial charge is 0.465 e. The van der Waals surface area contributed by atoms with E-state index >= 15 is 0 Å². The number of rotatable bonds is 5. The summed E-state index contributed by atoms with van der Waals surface area (Å²) >= 11 is 0. The molecule has 0 fully saturated rings.